The van der Waals surface area contributed by atoms with Crippen LogP contribution in [-0.4, -0.2) is 60.6 Å². The summed E-state index contributed by atoms with van der Waals surface area (Å²) in [6.07, 6.45) is -1.32. The first-order valence-electron chi connectivity index (χ1n) is 5.88. The Morgan fingerprint density at radius 1 is 0.950 bits per heavy atom. The largest absolute Gasteiger partial charge is 0.376 e. The van der Waals surface area contributed by atoms with Crippen LogP contribution in [0.4, 0.5) is 0 Å². The van der Waals surface area contributed by atoms with Crippen LogP contribution in [0.25, 0.3) is 0 Å². The summed E-state index contributed by atoms with van der Waals surface area (Å²) in [5, 5.41) is 30.2. The molecule has 0 aromatic heterocycles. The highest BCUT2D eigenvalue weighted by Gasteiger charge is 2.76. The molecule has 7 nitrogen and oxygen atoms in total. The summed E-state index contributed by atoms with van der Waals surface area (Å²) in [5.74, 6) is -3.14. The minimum Gasteiger partial charge on any atom is -0.376 e. The van der Waals surface area contributed by atoms with Gasteiger partial charge in [0.25, 0.3) is 0 Å². The number of hydrogen-bond acceptors (Lipinski definition) is 7. The molecule has 0 radical (unpaired) electrons. The number of carbonyl (C=O) groups is 3. The fraction of sp³-hybridized carbons (Fsp3) is 0.750. The number of aliphatic hydroxyl groups is 3. The van der Waals surface area contributed by atoms with Gasteiger partial charge >= 0.3 is 0 Å². The first-order valence-corrected chi connectivity index (χ1v) is 6.79. The fourth-order valence-electron chi connectivity index (χ4n) is 2.62. The van der Waals surface area contributed by atoms with E-state index in [-0.39, 0.29) is 0 Å². The maximum atomic E-state index is 11.9. The molecule has 1 rings (SSSR count). The van der Waals surface area contributed by atoms with Crippen molar-refractivity contribution in [1.29, 1.82) is 0 Å². The van der Waals surface area contributed by atoms with Crippen molar-refractivity contribution < 1.29 is 34.4 Å². The molecule has 20 heavy (non-hydrogen) atoms. The van der Waals surface area contributed by atoms with Crippen molar-refractivity contribution in [1.82, 2.24) is 0 Å². The quantitative estimate of drug-likeness (QED) is 0.562. The van der Waals surface area contributed by atoms with Gasteiger partial charge in [-0.15, -0.1) is 0 Å². The molecule has 0 spiro atoms. The second-order valence-electron chi connectivity index (χ2n) is 5.01. The van der Waals surface area contributed by atoms with Crippen molar-refractivity contribution in [3.63, 3.8) is 0 Å². The molecule has 1 aliphatic heterocycles. The Hall–Kier alpha value is -0.670. The van der Waals surface area contributed by atoms with E-state index in [0.29, 0.717) is 0 Å². The lowest BCUT2D eigenvalue weighted by Crippen LogP contribution is -2.84. The van der Waals surface area contributed by atoms with E-state index in [1.165, 1.54) is 6.92 Å². The van der Waals surface area contributed by atoms with Crippen LogP contribution in [0.3, 0.4) is 0 Å². The van der Waals surface area contributed by atoms with E-state index in [9.17, 15) is 29.7 Å². The maximum absolute atomic E-state index is 11.9. The average Bonchev–Trinajstić information content (AvgIpc) is 2.32. The number of alkyl halides is 1. The third-order valence-electron chi connectivity index (χ3n) is 3.93. The molecular weight excluding hydrogens is 336 g/mol. The Kier molecular flexibility index (Phi) is 4.31. The van der Waals surface area contributed by atoms with Crippen LogP contribution >= 0.6 is 15.9 Å². The third kappa shape index (κ3) is 1.75. The molecule has 0 aromatic rings. The summed E-state index contributed by atoms with van der Waals surface area (Å²) in [5.41, 5.74) is -8.57. The van der Waals surface area contributed by atoms with Crippen molar-refractivity contribution in [3.05, 3.63) is 0 Å². The van der Waals surface area contributed by atoms with Gasteiger partial charge in [-0.25, -0.2) is 0 Å². The van der Waals surface area contributed by atoms with Gasteiger partial charge in [0.05, 0.1) is 6.10 Å². The molecule has 1 unspecified atom stereocenters. The van der Waals surface area contributed by atoms with Gasteiger partial charge in [0.15, 0.2) is 33.6 Å². The van der Waals surface area contributed by atoms with Crippen LogP contribution in [-0.2, 0) is 19.1 Å². The van der Waals surface area contributed by atoms with Crippen molar-refractivity contribution in [2.45, 2.75) is 55.6 Å². The monoisotopic (exact) mass is 352 g/mol. The smallest absolute Gasteiger partial charge is 0.200 e. The minimum atomic E-state index is -3.02. The van der Waals surface area contributed by atoms with E-state index < -0.39 is 45.3 Å². The summed E-state index contributed by atoms with van der Waals surface area (Å²) in [6, 6.07) is 0. The molecule has 0 saturated carbocycles. The van der Waals surface area contributed by atoms with Crippen molar-refractivity contribution in [2.75, 3.05) is 0 Å². The number of halogens is 1. The van der Waals surface area contributed by atoms with E-state index in [0.717, 1.165) is 20.8 Å². The average molecular weight is 353 g/mol. The second kappa shape index (κ2) is 4.96. The number of Topliss-reactive ketones (excluding diaryl/α,β-unsaturated/α-hetero) is 3. The lowest BCUT2D eigenvalue weighted by molar-refractivity contribution is -0.298. The van der Waals surface area contributed by atoms with Crippen molar-refractivity contribution in [2.24, 2.45) is 0 Å². The Labute approximate surface area is 124 Å². The van der Waals surface area contributed by atoms with Gasteiger partial charge in [-0.1, -0.05) is 15.9 Å². The Morgan fingerprint density at radius 2 is 1.35 bits per heavy atom. The lowest BCUT2D eigenvalue weighted by Gasteiger charge is -2.56. The summed E-state index contributed by atoms with van der Waals surface area (Å²) >= 11 is 2.87. The standard InChI is InChI=1S/C12H17BrO7/c1-5(14)10(17)8(4)20-9(13)11(18,6(2)15)12(10,19)7(3)16/h8-9,17-19H,1-4H3/t8-,9?,10+,11+,12+/m0/s1. The van der Waals surface area contributed by atoms with Crippen LogP contribution in [0.5, 0.6) is 0 Å². The van der Waals surface area contributed by atoms with Gasteiger partial charge in [-0.05, 0) is 27.7 Å². The Balaban J connectivity index is 3.76. The van der Waals surface area contributed by atoms with Crippen LogP contribution < -0.4 is 0 Å². The van der Waals surface area contributed by atoms with Crippen LogP contribution in [0, 0.1) is 0 Å². The first-order chi connectivity index (χ1) is 8.88. The number of carbonyl (C=O) groups excluding carboxylic acids is 3. The van der Waals surface area contributed by atoms with Crippen molar-refractivity contribution >= 4 is 33.3 Å². The SMILES string of the molecule is CC(=O)[C@]1(O)[C@@](O)(C(C)=O)C(Br)O[C@@H](C)[C@]1(O)C(C)=O. The van der Waals surface area contributed by atoms with Crippen LogP contribution in [0.15, 0.2) is 0 Å². The molecule has 1 saturated heterocycles. The zero-order valence-electron chi connectivity index (χ0n) is 11.5. The predicted octanol–water partition coefficient (Wildman–Crippen LogP) is -0.914. The molecule has 0 bridgehead atoms. The van der Waals surface area contributed by atoms with Gasteiger partial charge < -0.3 is 20.1 Å². The maximum Gasteiger partial charge on any atom is 0.200 e. The van der Waals surface area contributed by atoms with E-state index in [1.807, 2.05) is 0 Å². The molecule has 5 atom stereocenters. The number of hydrogen-bond donors (Lipinski definition) is 3. The normalized spacial score (nSPS) is 45.0. The lowest BCUT2D eigenvalue weighted by atomic mass is 9.62. The molecule has 0 aromatic carbocycles. The van der Waals surface area contributed by atoms with E-state index in [1.54, 1.807) is 0 Å². The van der Waals surface area contributed by atoms with Gasteiger partial charge in [0.1, 0.15) is 0 Å². The topological polar surface area (TPSA) is 121 Å². The van der Waals surface area contributed by atoms with Gasteiger partial charge in [0, 0.05) is 0 Å². The van der Waals surface area contributed by atoms with Crippen LogP contribution in [0.2, 0.25) is 0 Å². The fourth-order valence-corrected chi connectivity index (χ4v) is 3.59. The number of ketones is 3. The Bertz CT molecular complexity index is 444. The second-order valence-corrected chi connectivity index (χ2v) is 5.84. The molecule has 1 fully saturated rings. The number of rotatable bonds is 3. The summed E-state index contributed by atoms with van der Waals surface area (Å²) < 4.78 is 5.15. The third-order valence-corrected chi connectivity index (χ3v) is 4.80. The highest BCUT2D eigenvalue weighted by atomic mass is 79.9. The van der Waals surface area contributed by atoms with Gasteiger partial charge in [-0.2, -0.15) is 0 Å². The van der Waals surface area contributed by atoms with Crippen LogP contribution in [0.1, 0.15) is 27.7 Å². The molecule has 1 heterocycles. The molecule has 114 valence electrons. The molecule has 0 aliphatic carbocycles. The molecule has 0 amide bonds. The van der Waals surface area contributed by atoms with Gasteiger partial charge in [-0.3, -0.25) is 14.4 Å². The zero-order chi connectivity index (χ0) is 16.1. The minimum absolute atomic E-state index is 0.875. The van der Waals surface area contributed by atoms with Crippen molar-refractivity contribution in [3.8, 4) is 0 Å². The summed E-state index contributed by atoms with van der Waals surface area (Å²) in [7, 11) is 0. The highest BCUT2D eigenvalue weighted by Crippen LogP contribution is 2.47. The summed E-state index contributed by atoms with van der Waals surface area (Å²) in [4.78, 5) is 35.5. The summed E-state index contributed by atoms with van der Waals surface area (Å²) in [6.45, 7) is 3.98. The van der Waals surface area contributed by atoms with E-state index >= 15 is 0 Å². The predicted molar refractivity (Wildman–Crippen MR) is 70.2 cm³/mol. The van der Waals surface area contributed by atoms with E-state index in [2.05, 4.69) is 15.9 Å². The zero-order valence-corrected chi connectivity index (χ0v) is 13.1. The molecule has 8 heteroatoms. The Morgan fingerprint density at radius 3 is 1.65 bits per heavy atom. The first kappa shape index (κ1) is 17.4. The molecule has 3 N–H and O–H groups in total. The van der Waals surface area contributed by atoms with Gasteiger partial charge in [0.2, 0.25) is 5.60 Å². The number of ether oxygens (including phenoxy) is 1. The highest BCUT2D eigenvalue weighted by molar-refractivity contribution is 9.09. The molecular formula is C12H17BrO7. The molecule has 1 aliphatic rings. The van der Waals surface area contributed by atoms with E-state index in [4.69, 9.17) is 4.74 Å².